The van der Waals surface area contributed by atoms with Crippen LogP contribution in [0.3, 0.4) is 0 Å². The highest BCUT2D eigenvalue weighted by Crippen LogP contribution is 2.35. The number of hydrogen-bond donors (Lipinski definition) is 1. The normalized spacial score (nSPS) is 23.8. The molecule has 19 heavy (non-hydrogen) atoms. The van der Waals surface area contributed by atoms with Crippen LogP contribution >= 0.6 is 0 Å². The van der Waals surface area contributed by atoms with Gasteiger partial charge in [-0.15, -0.1) is 0 Å². The van der Waals surface area contributed by atoms with Crippen molar-refractivity contribution >= 4 is 22.3 Å². The van der Waals surface area contributed by atoms with E-state index in [4.69, 9.17) is 5.73 Å². The van der Waals surface area contributed by atoms with Gasteiger partial charge in [0.05, 0.1) is 23.1 Å². The number of fused-ring (bicyclic) bond motifs is 1. The number of para-hydroxylation sites is 1. The zero-order chi connectivity index (χ0) is 13.4. The molecule has 3 rings (SSSR count). The lowest BCUT2D eigenvalue weighted by molar-refractivity contribution is 0.357. The molecular weight excluding hydrogens is 234 g/mol. The van der Waals surface area contributed by atoms with Gasteiger partial charge in [-0.25, -0.2) is 0 Å². The van der Waals surface area contributed by atoms with Gasteiger partial charge in [-0.2, -0.15) is 0 Å². The lowest BCUT2D eigenvalue weighted by Gasteiger charge is -2.37. The van der Waals surface area contributed by atoms with Crippen molar-refractivity contribution in [2.45, 2.75) is 20.3 Å². The van der Waals surface area contributed by atoms with Gasteiger partial charge >= 0.3 is 0 Å². The molecule has 2 unspecified atom stereocenters. The predicted molar refractivity (Wildman–Crippen MR) is 81.3 cm³/mol. The van der Waals surface area contributed by atoms with Crippen molar-refractivity contribution in [3.8, 4) is 0 Å². The second-order valence-electron chi connectivity index (χ2n) is 5.93. The number of benzene rings is 1. The van der Waals surface area contributed by atoms with E-state index in [0.717, 1.165) is 36.1 Å². The summed E-state index contributed by atoms with van der Waals surface area (Å²) in [5, 5.41) is 1.17. The molecule has 0 aliphatic carbocycles. The van der Waals surface area contributed by atoms with Gasteiger partial charge in [-0.05, 0) is 24.3 Å². The third-order valence-electron chi connectivity index (χ3n) is 3.96. The number of nitrogen functional groups attached to an aromatic ring is 1. The minimum absolute atomic E-state index is 0.718. The van der Waals surface area contributed by atoms with Gasteiger partial charge in [0.25, 0.3) is 0 Å². The first-order valence-electron chi connectivity index (χ1n) is 7.03. The van der Waals surface area contributed by atoms with Gasteiger partial charge in [0.1, 0.15) is 0 Å². The Kier molecular flexibility index (Phi) is 3.05. The van der Waals surface area contributed by atoms with Crippen LogP contribution in [0.15, 0.2) is 30.5 Å². The highest BCUT2D eigenvalue weighted by atomic mass is 15.2. The number of rotatable bonds is 1. The summed E-state index contributed by atoms with van der Waals surface area (Å²) in [6.45, 7) is 6.82. The number of piperidine rings is 1. The number of pyridine rings is 1. The van der Waals surface area contributed by atoms with Crippen LogP contribution in [-0.4, -0.2) is 18.1 Å². The Morgan fingerprint density at radius 1 is 1.16 bits per heavy atom. The summed E-state index contributed by atoms with van der Waals surface area (Å²) in [7, 11) is 0. The molecule has 1 aromatic heterocycles. The molecule has 100 valence electrons. The minimum Gasteiger partial charge on any atom is -0.396 e. The molecular formula is C16H21N3. The second kappa shape index (κ2) is 4.72. The first-order chi connectivity index (χ1) is 9.15. The van der Waals surface area contributed by atoms with E-state index in [1.165, 1.54) is 17.5 Å². The second-order valence-corrected chi connectivity index (χ2v) is 5.93. The fourth-order valence-electron chi connectivity index (χ4n) is 3.34. The highest BCUT2D eigenvalue weighted by molar-refractivity contribution is 5.97. The summed E-state index contributed by atoms with van der Waals surface area (Å²) in [6.07, 6.45) is 3.10. The SMILES string of the molecule is CC1CC(C)CN(c2c(N)cnc3ccccc23)C1. The molecule has 0 amide bonds. The van der Waals surface area contributed by atoms with Crippen molar-refractivity contribution in [2.24, 2.45) is 11.8 Å². The molecule has 0 saturated carbocycles. The largest absolute Gasteiger partial charge is 0.396 e. The Morgan fingerprint density at radius 2 is 1.84 bits per heavy atom. The molecule has 1 aromatic carbocycles. The van der Waals surface area contributed by atoms with Crippen molar-refractivity contribution in [1.29, 1.82) is 0 Å². The molecule has 0 bridgehead atoms. The first-order valence-corrected chi connectivity index (χ1v) is 7.03. The summed E-state index contributed by atoms with van der Waals surface area (Å²) in [6, 6.07) is 8.26. The maximum Gasteiger partial charge on any atom is 0.0745 e. The number of aromatic nitrogens is 1. The van der Waals surface area contributed by atoms with Crippen LogP contribution in [0.4, 0.5) is 11.4 Å². The van der Waals surface area contributed by atoms with E-state index in [2.05, 4.69) is 41.9 Å². The van der Waals surface area contributed by atoms with Gasteiger partial charge in [0, 0.05) is 18.5 Å². The third kappa shape index (κ3) is 2.25. The summed E-state index contributed by atoms with van der Waals surface area (Å²) in [4.78, 5) is 6.87. The van der Waals surface area contributed by atoms with E-state index in [9.17, 15) is 0 Å². The Labute approximate surface area is 114 Å². The topological polar surface area (TPSA) is 42.1 Å². The van der Waals surface area contributed by atoms with Crippen LogP contribution in [0.2, 0.25) is 0 Å². The van der Waals surface area contributed by atoms with Crippen molar-refractivity contribution in [2.75, 3.05) is 23.7 Å². The van der Waals surface area contributed by atoms with E-state index >= 15 is 0 Å². The van der Waals surface area contributed by atoms with Crippen LogP contribution in [0, 0.1) is 11.8 Å². The number of hydrogen-bond acceptors (Lipinski definition) is 3. The number of anilines is 2. The van der Waals surface area contributed by atoms with Gasteiger partial charge in [-0.1, -0.05) is 32.0 Å². The Hall–Kier alpha value is -1.77. The summed E-state index contributed by atoms with van der Waals surface area (Å²) >= 11 is 0. The zero-order valence-corrected chi connectivity index (χ0v) is 11.6. The van der Waals surface area contributed by atoms with Crippen molar-refractivity contribution < 1.29 is 0 Å². The van der Waals surface area contributed by atoms with E-state index in [0.29, 0.717) is 0 Å². The fourth-order valence-corrected chi connectivity index (χ4v) is 3.34. The first kappa shape index (κ1) is 12.3. The molecule has 0 radical (unpaired) electrons. The number of nitrogens with two attached hydrogens (primary N) is 1. The van der Waals surface area contributed by atoms with Crippen LogP contribution in [0.5, 0.6) is 0 Å². The quantitative estimate of drug-likeness (QED) is 0.850. The maximum atomic E-state index is 6.20. The Morgan fingerprint density at radius 3 is 2.58 bits per heavy atom. The van der Waals surface area contributed by atoms with Crippen molar-refractivity contribution in [3.05, 3.63) is 30.5 Å². The smallest absolute Gasteiger partial charge is 0.0745 e. The van der Waals surface area contributed by atoms with Crippen LogP contribution in [0.1, 0.15) is 20.3 Å². The van der Waals surface area contributed by atoms with E-state index in [1.54, 1.807) is 6.20 Å². The zero-order valence-electron chi connectivity index (χ0n) is 11.6. The van der Waals surface area contributed by atoms with E-state index < -0.39 is 0 Å². The standard InChI is InChI=1S/C16H21N3/c1-11-7-12(2)10-19(9-11)16-13-5-3-4-6-15(13)18-8-14(16)17/h3-6,8,11-12H,7,9-10,17H2,1-2H3. The summed E-state index contributed by atoms with van der Waals surface area (Å²) in [5.74, 6) is 1.44. The summed E-state index contributed by atoms with van der Waals surface area (Å²) in [5.41, 5.74) is 9.19. The van der Waals surface area contributed by atoms with Gasteiger partial charge in [0.15, 0.2) is 0 Å². The highest BCUT2D eigenvalue weighted by Gasteiger charge is 2.24. The molecule has 1 aliphatic rings. The van der Waals surface area contributed by atoms with Crippen LogP contribution < -0.4 is 10.6 Å². The van der Waals surface area contributed by atoms with Crippen LogP contribution in [0.25, 0.3) is 10.9 Å². The van der Waals surface area contributed by atoms with Gasteiger partial charge in [-0.3, -0.25) is 4.98 Å². The average Bonchev–Trinajstić information content (AvgIpc) is 2.37. The molecule has 1 fully saturated rings. The van der Waals surface area contributed by atoms with Crippen LogP contribution in [-0.2, 0) is 0 Å². The maximum absolute atomic E-state index is 6.20. The molecule has 2 atom stereocenters. The van der Waals surface area contributed by atoms with E-state index in [-0.39, 0.29) is 0 Å². The van der Waals surface area contributed by atoms with Gasteiger partial charge in [0.2, 0.25) is 0 Å². The molecule has 2 N–H and O–H groups in total. The monoisotopic (exact) mass is 255 g/mol. The lowest BCUT2D eigenvalue weighted by Crippen LogP contribution is -2.39. The van der Waals surface area contributed by atoms with Gasteiger partial charge < -0.3 is 10.6 Å². The third-order valence-corrected chi connectivity index (χ3v) is 3.96. The average molecular weight is 255 g/mol. The van der Waals surface area contributed by atoms with Crippen molar-refractivity contribution in [1.82, 2.24) is 4.98 Å². The molecule has 2 aromatic rings. The molecule has 3 heteroatoms. The molecule has 1 aliphatic heterocycles. The number of nitrogens with zero attached hydrogens (tertiary/aromatic N) is 2. The van der Waals surface area contributed by atoms with E-state index in [1.807, 2.05) is 6.07 Å². The molecule has 0 spiro atoms. The fraction of sp³-hybridized carbons (Fsp3) is 0.438. The molecule has 2 heterocycles. The minimum atomic E-state index is 0.718. The lowest BCUT2D eigenvalue weighted by atomic mass is 9.91. The predicted octanol–water partition coefficient (Wildman–Crippen LogP) is 3.30. The molecule has 3 nitrogen and oxygen atoms in total. The Balaban J connectivity index is 2.10. The molecule has 1 saturated heterocycles. The Bertz CT molecular complexity index is 584. The van der Waals surface area contributed by atoms with Crippen molar-refractivity contribution in [3.63, 3.8) is 0 Å². The summed E-state index contributed by atoms with van der Waals surface area (Å²) < 4.78 is 0.